The van der Waals surface area contributed by atoms with Crippen LogP contribution in [0.1, 0.15) is 67.2 Å². The minimum Gasteiger partial charge on any atom is -0.490 e. The van der Waals surface area contributed by atoms with Crippen molar-refractivity contribution >= 4 is 29.1 Å². The van der Waals surface area contributed by atoms with Crippen LogP contribution in [0.3, 0.4) is 0 Å². The van der Waals surface area contributed by atoms with E-state index in [0.717, 1.165) is 32.1 Å². The molecule has 3 aromatic rings. The van der Waals surface area contributed by atoms with E-state index >= 15 is 0 Å². The molecule has 196 valence electrons. The van der Waals surface area contributed by atoms with Gasteiger partial charge in [-0.05, 0) is 79.3 Å². The summed E-state index contributed by atoms with van der Waals surface area (Å²) in [5, 5.41) is 6.37. The Kier molecular flexibility index (Phi) is 6.34. The number of piperidine rings is 1. The molecule has 1 saturated heterocycles. The van der Waals surface area contributed by atoms with Crippen molar-refractivity contribution in [2.24, 2.45) is 0 Å². The van der Waals surface area contributed by atoms with Crippen LogP contribution in [0.5, 0.6) is 5.75 Å². The van der Waals surface area contributed by atoms with Crippen molar-refractivity contribution in [2.45, 2.75) is 62.0 Å². The van der Waals surface area contributed by atoms with Crippen LogP contribution in [0.25, 0.3) is 0 Å². The quantitative estimate of drug-likeness (QED) is 0.396. The van der Waals surface area contributed by atoms with Crippen LogP contribution in [-0.4, -0.2) is 17.9 Å². The van der Waals surface area contributed by atoms with Gasteiger partial charge in [-0.2, -0.15) is 0 Å². The van der Waals surface area contributed by atoms with Crippen LogP contribution in [0.15, 0.2) is 60.7 Å². The van der Waals surface area contributed by atoms with Crippen LogP contribution in [0.2, 0.25) is 5.02 Å². The normalized spacial score (nSPS) is 25.1. The zero-order valence-electron chi connectivity index (χ0n) is 20.6. The number of amides is 2. The lowest BCUT2D eigenvalue weighted by Crippen LogP contribution is -2.57. The summed E-state index contributed by atoms with van der Waals surface area (Å²) < 4.78 is 35.7. The van der Waals surface area contributed by atoms with E-state index in [1.165, 1.54) is 24.3 Å². The van der Waals surface area contributed by atoms with E-state index in [4.69, 9.17) is 16.3 Å². The summed E-state index contributed by atoms with van der Waals surface area (Å²) in [6.07, 6.45) is 4.91. The van der Waals surface area contributed by atoms with Gasteiger partial charge in [-0.3, -0.25) is 9.59 Å². The van der Waals surface area contributed by atoms with Gasteiger partial charge in [0.25, 0.3) is 0 Å². The number of hydrogen-bond donors (Lipinski definition) is 2. The third-order valence-corrected chi connectivity index (χ3v) is 8.37. The molecule has 38 heavy (non-hydrogen) atoms. The Bertz CT molecular complexity index is 1420. The molecule has 3 aliphatic rings. The zero-order valence-corrected chi connectivity index (χ0v) is 21.4. The van der Waals surface area contributed by atoms with Gasteiger partial charge in [0, 0.05) is 28.6 Å². The molecule has 1 aliphatic carbocycles. The Morgan fingerprint density at radius 3 is 2.50 bits per heavy atom. The molecule has 2 aliphatic heterocycles. The highest BCUT2D eigenvalue weighted by atomic mass is 35.5. The predicted molar refractivity (Wildman–Crippen MR) is 140 cm³/mol. The molecule has 2 fully saturated rings. The van der Waals surface area contributed by atoms with E-state index < -0.39 is 29.0 Å². The SMILES string of the molecule is O=C1C[C@@H](c2cccc(F)c2)[C@]2(C(=O)Nc3cc(Cl)ccc32)[C@@H](c2cc(F)ccc2OC2CCCCC2)N1. The maximum absolute atomic E-state index is 14.8. The highest BCUT2D eigenvalue weighted by Gasteiger charge is 2.61. The maximum atomic E-state index is 14.8. The second-order valence-corrected chi connectivity index (χ2v) is 10.8. The first-order valence-corrected chi connectivity index (χ1v) is 13.4. The number of carbonyl (C=O) groups excluding carboxylic acids is 2. The summed E-state index contributed by atoms with van der Waals surface area (Å²) in [6.45, 7) is 0. The van der Waals surface area contributed by atoms with Gasteiger partial charge in [-0.1, -0.05) is 36.2 Å². The second kappa shape index (κ2) is 9.70. The first-order chi connectivity index (χ1) is 18.4. The van der Waals surface area contributed by atoms with Gasteiger partial charge in [0.2, 0.25) is 11.8 Å². The fourth-order valence-electron chi connectivity index (χ4n) is 6.48. The van der Waals surface area contributed by atoms with Crippen LogP contribution in [-0.2, 0) is 15.0 Å². The third-order valence-electron chi connectivity index (χ3n) is 8.13. The smallest absolute Gasteiger partial charge is 0.238 e. The highest BCUT2D eigenvalue weighted by molar-refractivity contribution is 6.31. The van der Waals surface area contributed by atoms with Gasteiger partial charge in [-0.15, -0.1) is 0 Å². The highest BCUT2D eigenvalue weighted by Crippen LogP contribution is 2.58. The van der Waals surface area contributed by atoms with Crippen molar-refractivity contribution in [1.29, 1.82) is 0 Å². The number of fused-ring (bicyclic) bond motifs is 2. The first-order valence-electron chi connectivity index (χ1n) is 13.0. The number of carbonyl (C=O) groups is 2. The number of ether oxygens (including phenoxy) is 1. The summed E-state index contributed by atoms with van der Waals surface area (Å²) in [6, 6.07) is 14.3. The molecule has 0 unspecified atom stereocenters. The lowest BCUT2D eigenvalue weighted by atomic mass is 9.59. The fourth-order valence-corrected chi connectivity index (χ4v) is 6.66. The number of rotatable bonds is 4. The molecule has 3 atom stereocenters. The van der Waals surface area contributed by atoms with Crippen LogP contribution >= 0.6 is 11.6 Å². The van der Waals surface area contributed by atoms with Crippen molar-refractivity contribution < 1.29 is 23.1 Å². The minimum atomic E-state index is -1.40. The van der Waals surface area contributed by atoms with Gasteiger partial charge < -0.3 is 15.4 Å². The zero-order chi connectivity index (χ0) is 26.4. The minimum absolute atomic E-state index is 0.0364. The second-order valence-electron chi connectivity index (χ2n) is 10.4. The summed E-state index contributed by atoms with van der Waals surface area (Å²) in [5.74, 6) is -1.98. The Balaban J connectivity index is 1.57. The number of halogens is 3. The van der Waals surface area contributed by atoms with Gasteiger partial charge in [0.15, 0.2) is 0 Å². The Morgan fingerprint density at radius 1 is 0.921 bits per heavy atom. The van der Waals surface area contributed by atoms with Gasteiger partial charge in [-0.25, -0.2) is 8.78 Å². The van der Waals surface area contributed by atoms with Gasteiger partial charge >= 0.3 is 0 Å². The van der Waals surface area contributed by atoms with Crippen molar-refractivity contribution in [3.05, 3.63) is 94.0 Å². The summed E-state index contributed by atoms with van der Waals surface area (Å²) >= 11 is 6.26. The molecule has 6 rings (SSSR count). The molecular weight excluding hydrogens is 510 g/mol. The molecule has 0 radical (unpaired) electrons. The molecule has 0 bridgehead atoms. The van der Waals surface area contributed by atoms with Gasteiger partial charge in [0.05, 0.1) is 12.1 Å². The molecule has 1 spiro atoms. The van der Waals surface area contributed by atoms with Crippen molar-refractivity contribution in [3.8, 4) is 5.75 Å². The number of hydrogen-bond acceptors (Lipinski definition) is 3. The number of benzene rings is 3. The van der Waals surface area contributed by atoms with Crippen LogP contribution in [0, 0.1) is 11.6 Å². The largest absolute Gasteiger partial charge is 0.490 e. The molecule has 2 heterocycles. The number of anilines is 1. The van der Waals surface area contributed by atoms with Crippen molar-refractivity contribution in [3.63, 3.8) is 0 Å². The molecule has 2 amide bonds. The average Bonchev–Trinajstić information content (AvgIpc) is 3.18. The average molecular weight is 537 g/mol. The van der Waals surface area contributed by atoms with E-state index in [-0.39, 0.29) is 24.3 Å². The first kappa shape index (κ1) is 24.9. The Morgan fingerprint density at radius 2 is 1.71 bits per heavy atom. The summed E-state index contributed by atoms with van der Waals surface area (Å²) in [5.41, 5.74) is 0.604. The molecule has 0 aromatic heterocycles. The van der Waals surface area contributed by atoms with E-state index in [2.05, 4.69) is 10.6 Å². The molecule has 8 heteroatoms. The molecule has 5 nitrogen and oxygen atoms in total. The Labute approximate surface area is 224 Å². The van der Waals surface area contributed by atoms with E-state index in [1.807, 2.05) is 0 Å². The standard InChI is InChI=1S/C30H27ClF2N2O3/c31-18-9-11-23-25(14-18)34-29(37)30(23)24(17-5-4-6-19(32)13-17)16-27(36)35-28(30)22-15-20(33)10-12-26(22)38-21-7-2-1-3-8-21/h4-6,9-15,21,24,28H,1-3,7-8,16H2,(H,34,37)(H,35,36)/t24-,28+,30-/m0/s1. The van der Waals surface area contributed by atoms with E-state index in [9.17, 15) is 18.4 Å². The topological polar surface area (TPSA) is 67.4 Å². The third kappa shape index (κ3) is 4.13. The van der Waals surface area contributed by atoms with Crippen LogP contribution in [0.4, 0.5) is 14.5 Å². The molecule has 2 N–H and O–H groups in total. The van der Waals surface area contributed by atoms with Crippen molar-refractivity contribution in [2.75, 3.05) is 5.32 Å². The fraction of sp³-hybridized carbons (Fsp3) is 0.333. The summed E-state index contributed by atoms with van der Waals surface area (Å²) in [7, 11) is 0. The lowest BCUT2D eigenvalue weighted by Gasteiger charge is -2.46. The Hall–Kier alpha value is -3.45. The molecule has 1 saturated carbocycles. The lowest BCUT2D eigenvalue weighted by molar-refractivity contribution is -0.131. The summed E-state index contributed by atoms with van der Waals surface area (Å²) in [4.78, 5) is 27.4. The predicted octanol–water partition coefficient (Wildman–Crippen LogP) is 6.56. The van der Waals surface area contributed by atoms with E-state index in [0.29, 0.717) is 33.1 Å². The van der Waals surface area contributed by atoms with E-state index in [1.54, 1.807) is 36.4 Å². The molecule has 3 aromatic carbocycles. The van der Waals surface area contributed by atoms with Crippen LogP contribution < -0.4 is 15.4 Å². The van der Waals surface area contributed by atoms with Crippen molar-refractivity contribution in [1.82, 2.24) is 5.32 Å². The molecular formula is C30H27ClF2N2O3. The van der Waals surface area contributed by atoms with Gasteiger partial charge in [0.1, 0.15) is 22.8 Å². The maximum Gasteiger partial charge on any atom is 0.238 e. The number of nitrogens with one attached hydrogen (secondary N) is 2. The monoisotopic (exact) mass is 536 g/mol.